The van der Waals surface area contributed by atoms with E-state index in [9.17, 15) is 9.90 Å². The number of rotatable bonds is 4. The van der Waals surface area contributed by atoms with E-state index in [0.29, 0.717) is 11.6 Å². The van der Waals surface area contributed by atoms with Crippen LogP contribution in [-0.4, -0.2) is 22.8 Å². The molecule has 3 aliphatic rings. The molecule has 4 heteroatoms. The molecule has 2 aromatic carbocycles. The first-order valence-corrected chi connectivity index (χ1v) is 9.59. The van der Waals surface area contributed by atoms with E-state index in [0.717, 1.165) is 23.3 Å². The van der Waals surface area contributed by atoms with Gasteiger partial charge in [0.2, 0.25) is 5.70 Å². The van der Waals surface area contributed by atoms with Crippen molar-refractivity contribution in [2.75, 3.05) is 0 Å². The van der Waals surface area contributed by atoms with E-state index >= 15 is 0 Å². The van der Waals surface area contributed by atoms with E-state index in [1.165, 1.54) is 5.56 Å². The Kier molecular flexibility index (Phi) is 3.97. The molecule has 1 aliphatic heterocycles. The Bertz CT molecular complexity index is 1060. The van der Waals surface area contributed by atoms with Crippen molar-refractivity contribution in [3.8, 4) is 5.75 Å². The second-order valence-corrected chi connectivity index (χ2v) is 7.47. The predicted octanol–water partition coefficient (Wildman–Crippen LogP) is 2.05. The lowest BCUT2D eigenvalue weighted by atomic mass is 9.89. The normalized spacial score (nSPS) is 24.7. The molecule has 0 spiro atoms. The highest BCUT2D eigenvalue weighted by molar-refractivity contribution is 6.39. The number of amides is 1. The summed E-state index contributed by atoms with van der Waals surface area (Å²) in [6.07, 6.45) is 8.99. The van der Waals surface area contributed by atoms with Crippen LogP contribution in [-0.2, 0) is 4.79 Å². The van der Waals surface area contributed by atoms with Gasteiger partial charge in [-0.15, -0.1) is 0 Å². The van der Waals surface area contributed by atoms with Gasteiger partial charge in [-0.05, 0) is 30.2 Å². The lowest BCUT2D eigenvalue weighted by Crippen LogP contribution is -2.71. The minimum Gasteiger partial charge on any atom is -0.508 e. The third kappa shape index (κ3) is 2.97. The first-order valence-electron chi connectivity index (χ1n) is 9.59. The van der Waals surface area contributed by atoms with Crippen molar-refractivity contribution in [1.82, 2.24) is 5.32 Å². The molecule has 0 saturated heterocycles. The van der Waals surface area contributed by atoms with Gasteiger partial charge in [0.05, 0.1) is 11.5 Å². The van der Waals surface area contributed by atoms with E-state index in [2.05, 4.69) is 22.4 Å². The van der Waals surface area contributed by atoms with E-state index in [-0.39, 0.29) is 23.6 Å². The van der Waals surface area contributed by atoms with Crippen molar-refractivity contribution in [3.05, 3.63) is 95.6 Å². The van der Waals surface area contributed by atoms with E-state index in [4.69, 9.17) is 0 Å². The summed E-state index contributed by atoms with van der Waals surface area (Å²) >= 11 is 0. The smallest absolute Gasteiger partial charge is 0.312 e. The molecule has 0 radical (unpaired) electrons. The third-order valence-electron chi connectivity index (χ3n) is 5.60. The van der Waals surface area contributed by atoms with Gasteiger partial charge in [0.25, 0.3) is 5.71 Å². The highest BCUT2D eigenvalue weighted by atomic mass is 16.3. The van der Waals surface area contributed by atoms with Crippen LogP contribution in [0.2, 0.25) is 0 Å². The van der Waals surface area contributed by atoms with Gasteiger partial charge in [-0.1, -0.05) is 60.7 Å². The fraction of sp³-hybridized carbons (Fsp3) is 0.167. The van der Waals surface area contributed by atoms with Crippen LogP contribution >= 0.6 is 0 Å². The van der Waals surface area contributed by atoms with E-state index < -0.39 is 0 Å². The van der Waals surface area contributed by atoms with E-state index in [1.807, 2.05) is 54.6 Å². The van der Waals surface area contributed by atoms with Crippen LogP contribution in [0.3, 0.4) is 0 Å². The number of hydrogen-bond acceptors (Lipinski definition) is 2. The molecular weight excluding hydrogens is 348 g/mol. The molecule has 1 amide bonds. The number of hydrogen-bond donors (Lipinski definition) is 3. The van der Waals surface area contributed by atoms with Gasteiger partial charge in [-0.3, -0.25) is 4.79 Å². The van der Waals surface area contributed by atoms with Crippen molar-refractivity contribution in [3.63, 3.8) is 0 Å². The largest absolute Gasteiger partial charge is 0.508 e. The molecule has 28 heavy (non-hydrogen) atoms. The molecule has 0 aromatic heterocycles. The first-order chi connectivity index (χ1) is 13.7. The van der Waals surface area contributed by atoms with Crippen molar-refractivity contribution >= 4 is 17.3 Å². The predicted molar refractivity (Wildman–Crippen MR) is 108 cm³/mol. The Hall–Kier alpha value is -3.40. The van der Waals surface area contributed by atoms with Gasteiger partial charge in [0, 0.05) is 17.5 Å². The number of carbonyl (C=O) groups is 1. The molecule has 1 fully saturated rings. The maximum Gasteiger partial charge on any atom is 0.312 e. The van der Waals surface area contributed by atoms with Crippen molar-refractivity contribution in [2.45, 2.75) is 18.4 Å². The topological polar surface area (TPSA) is 63.3 Å². The molecule has 3 atom stereocenters. The van der Waals surface area contributed by atoms with E-state index in [1.54, 1.807) is 12.1 Å². The van der Waals surface area contributed by atoms with Crippen LogP contribution in [0.4, 0.5) is 0 Å². The quantitative estimate of drug-likeness (QED) is 0.772. The standard InChI is InChI=1S/C24H20N2O2/c27-17-10-6-9-16(13-17)22-18-11-4-5-12-19(18)23(26-22)24(28)25-21-14-20(21)15-7-2-1-3-8-15/h1-13,19-21,27H,14H2,(H,25,28)/p+1/t19?,20-,21+/m1/s1. The Balaban J connectivity index is 1.38. The second-order valence-electron chi connectivity index (χ2n) is 7.47. The van der Waals surface area contributed by atoms with Crippen LogP contribution in [0.25, 0.3) is 5.70 Å². The van der Waals surface area contributed by atoms with Gasteiger partial charge in [-0.25, -0.2) is 4.99 Å². The average Bonchev–Trinajstić information content (AvgIpc) is 3.38. The summed E-state index contributed by atoms with van der Waals surface area (Å²) in [5.74, 6) is 0.463. The van der Waals surface area contributed by atoms with Crippen molar-refractivity contribution in [2.24, 2.45) is 5.92 Å². The highest BCUT2D eigenvalue weighted by Crippen LogP contribution is 2.40. The minimum absolute atomic E-state index is 0.0546. The highest BCUT2D eigenvalue weighted by Gasteiger charge is 2.44. The molecule has 1 heterocycles. The van der Waals surface area contributed by atoms with Crippen molar-refractivity contribution in [1.29, 1.82) is 0 Å². The number of phenols is 1. The van der Waals surface area contributed by atoms with Gasteiger partial charge in [0.15, 0.2) is 0 Å². The third-order valence-corrected chi connectivity index (χ3v) is 5.60. The number of carbonyl (C=O) groups excluding carboxylic acids is 1. The molecule has 5 rings (SSSR count). The molecule has 2 aliphatic carbocycles. The molecule has 0 bridgehead atoms. The first kappa shape index (κ1) is 16.8. The summed E-state index contributed by atoms with van der Waals surface area (Å²) in [6, 6.07) is 17.6. The maximum absolute atomic E-state index is 13.0. The Morgan fingerprint density at radius 2 is 1.93 bits per heavy atom. The zero-order valence-electron chi connectivity index (χ0n) is 15.3. The summed E-state index contributed by atoms with van der Waals surface area (Å²) < 4.78 is 0. The summed E-state index contributed by atoms with van der Waals surface area (Å²) in [5, 5.41) is 13.0. The number of fused-ring (bicyclic) bond motifs is 1. The molecule has 138 valence electrons. The van der Waals surface area contributed by atoms with Crippen LogP contribution in [0, 0.1) is 5.92 Å². The van der Waals surface area contributed by atoms with Crippen molar-refractivity contribution < 1.29 is 14.9 Å². The summed E-state index contributed by atoms with van der Waals surface area (Å²) in [7, 11) is 0. The lowest BCUT2D eigenvalue weighted by Gasteiger charge is -2.09. The molecule has 4 nitrogen and oxygen atoms in total. The Morgan fingerprint density at radius 1 is 1.07 bits per heavy atom. The molecule has 2 aromatic rings. The van der Waals surface area contributed by atoms with Crippen LogP contribution in [0.1, 0.15) is 23.5 Å². The van der Waals surface area contributed by atoms with Crippen LogP contribution in [0.5, 0.6) is 5.75 Å². The Morgan fingerprint density at radius 3 is 2.75 bits per heavy atom. The number of aromatic hydroxyl groups is 1. The number of phenolic OH excluding ortho intramolecular Hbond substituents is 1. The van der Waals surface area contributed by atoms with Gasteiger partial charge >= 0.3 is 5.91 Å². The van der Waals surface area contributed by atoms with Gasteiger partial charge < -0.3 is 10.4 Å². The Labute approximate surface area is 163 Å². The maximum atomic E-state index is 13.0. The molecule has 3 N–H and O–H groups in total. The van der Waals surface area contributed by atoms with Gasteiger partial charge in [-0.2, -0.15) is 0 Å². The summed E-state index contributed by atoms with van der Waals surface area (Å²) in [6.45, 7) is 0. The number of allylic oxidation sites excluding steroid dienone is 5. The summed E-state index contributed by atoms with van der Waals surface area (Å²) in [5.41, 5.74) is 4.72. The van der Waals surface area contributed by atoms with Crippen LogP contribution < -0.4 is 10.3 Å². The van der Waals surface area contributed by atoms with Crippen LogP contribution in [0.15, 0.2) is 84.5 Å². The molecular formula is C24H21N2O2+. The molecule has 1 unspecified atom stereocenters. The number of benzene rings is 2. The second kappa shape index (κ2) is 6.64. The zero-order valence-corrected chi connectivity index (χ0v) is 15.3. The average molecular weight is 369 g/mol. The van der Waals surface area contributed by atoms with Gasteiger partial charge in [0.1, 0.15) is 5.75 Å². The fourth-order valence-corrected chi connectivity index (χ4v) is 4.08. The number of nitrogens with one attached hydrogen (secondary N) is 2. The SMILES string of the molecule is O=C(N[C@H]1C[C@@H]1c1ccccc1)C1=[NH+]C(c2cccc(O)c2)=C2C=CC=CC12. The zero-order chi connectivity index (χ0) is 19.1. The molecule has 1 saturated carbocycles. The summed E-state index contributed by atoms with van der Waals surface area (Å²) in [4.78, 5) is 16.4. The fourth-order valence-electron chi connectivity index (χ4n) is 4.08. The lowest BCUT2D eigenvalue weighted by molar-refractivity contribution is -0.340. The monoisotopic (exact) mass is 369 g/mol. The minimum atomic E-state index is -0.0868.